The van der Waals surface area contributed by atoms with E-state index in [1.807, 2.05) is 30.3 Å². The van der Waals surface area contributed by atoms with Crippen molar-refractivity contribution in [3.05, 3.63) is 65.2 Å². The van der Waals surface area contributed by atoms with E-state index in [1.54, 1.807) is 0 Å². The molecule has 1 N–H and O–H groups in total. The van der Waals surface area contributed by atoms with Crippen molar-refractivity contribution in [2.45, 2.75) is 23.8 Å². The van der Waals surface area contributed by atoms with Crippen LogP contribution in [0.5, 0.6) is 0 Å². The molecule has 1 aliphatic rings. The second kappa shape index (κ2) is 7.05. The van der Waals surface area contributed by atoms with Crippen LogP contribution in [0.15, 0.2) is 53.4 Å². The van der Waals surface area contributed by atoms with Gasteiger partial charge in [-0.2, -0.15) is 5.26 Å². The third-order valence-corrected chi connectivity index (χ3v) is 5.39. The van der Waals surface area contributed by atoms with Gasteiger partial charge in [0.15, 0.2) is 0 Å². The maximum absolute atomic E-state index is 12.3. The summed E-state index contributed by atoms with van der Waals surface area (Å²) in [6.07, 6.45) is 0.241. The van der Waals surface area contributed by atoms with Gasteiger partial charge in [0.1, 0.15) is 0 Å². The van der Waals surface area contributed by atoms with Crippen LogP contribution in [0.4, 0.5) is 0 Å². The summed E-state index contributed by atoms with van der Waals surface area (Å²) < 4.78 is 32.2. The van der Waals surface area contributed by atoms with Crippen molar-refractivity contribution < 1.29 is 17.9 Å². The molecule has 2 aromatic carbocycles. The summed E-state index contributed by atoms with van der Waals surface area (Å²) >= 11 is 0. The van der Waals surface area contributed by atoms with Crippen LogP contribution in [0.25, 0.3) is 0 Å². The second-order valence-electron chi connectivity index (χ2n) is 5.68. The number of nitriles is 1. The van der Waals surface area contributed by atoms with E-state index < -0.39 is 22.0 Å². The minimum absolute atomic E-state index is 0.0650. The van der Waals surface area contributed by atoms with Crippen LogP contribution in [0.2, 0.25) is 0 Å². The van der Waals surface area contributed by atoms with E-state index in [2.05, 4.69) is 4.72 Å². The fraction of sp³-hybridized carbons (Fsp3) is 0.222. The molecule has 0 aliphatic carbocycles. The number of nitrogens with zero attached hydrogens (tertiary/aromatic N) is 1. The highest BCUT2D eigenvalue weighted by Gasteiger charge is 2.25. The van der Waals surface area contributed by atoms with E-state index in [0.717, 1.165) is 17.5 Å². The van der Waals surface area contributed by atoms with Crippen LogP contribution < -0.4 is 4.72 Å². The average molecular weight is 356 g/mol. The fourth-order valence-electron chi connectivity index (χ4n) is 2.77. The van der Waals surface area contributed by atoms with E-state index in [9.17, 15) is 13.2 Å². The summed E-state index contributed by atoms with van der Waals surface area (Å²) in [6, 6.07) is 14.9. The number of fused-ring (bicyclic) bond motifs is 1. The van der Waals surface area contributed by atoms with Gasteiger partial charge in [-0.3, -0.25) is 4.79 Å². The molecule has 1 amide bonds. The van der Waals surface area contributed by atoms with Gasteiger partial charge in [0.25, 0.3) is 10.0 Å². The Labute approximate surface area is 146 Å². The number of hydrogen-bond acceptors (Lipinski definition) is 5. The molecule has 0 fully saturated rings. The minimum Gasteiger partial charge on any atom is -0.373 e. The van der Waals surface area contributed by atoms with E-state index >= 15 is 0 Å². The molecule has 0 bridgehead atoms. The van der Waals surface area contributed by atoms with Gasteiger partial charge in [0.05, 0.1) is 35.7 Å². The van der Waals surface area contributed by atoms with Crippen LogP contribution in [0.1, 0.15) is 29.2 Å². The van der Waals surface area contributed by atoms with Gasteiger partial charge in [0.2, 0.25) is 5.91 Å². The number of amides is 1. The lowest BCUT2D eigenvalue weighted by Gasteiger charge is -2.25. The van der Waals surface area contributed by atoms with Gasteiger partial charge in [-0.25, -0.2) is 13.1 Å². The smallest absolute Gasteiger partial charge is 0.264 e. The molecule has 1 heterocycles. The molecule has 0 saturated heterocycles. The Morgan fingerprint density at radius 1 is 1.20 bits per heavy atom. The Hall–Kier alpha value is -2.69. The first kappa shape index (κ1) is 17.1. The molecule has 1 aliphatic heterocycles. The SMILES string of the molecule is N#Cc1ccc(S(=O)(=O)NC(=O)C[C@H]2OCCc3ccccc32)cc1. The molecule has 25 heavy (non-hydrogen) atoms. The largest absolute Gasteiger partial charge is 0.373 e. The second-order valence-corrected chi connectivity index (χ2v) is 7.36. The molecular weight excluding hydrogens is 340 g/mol. The highest BCUT2D eigenvalue weighted by atomic mass is 32.2. The number of benzene rings is 2. The molecule has 1 atom stereocenters. The van der Waals surface area contributed by atoms with Gasteiger partial charge in [0, 0.05) is 0 Å². The molecule has 128 valence electrons. The molecule has 0 saturated carbocycles. The van der Waals surface area contributed by atoms with E-state index in [1.165, 1.54) is 24.3 Å². The van der Waals surface area contributed by atoms with Gasteiger partial charge >= 0.3 is 0 Å². The van der Waals surface area contributed by atoms with Gasteiger partial charge < -0.3 is 4.74 Å². The van der Waals surface area contributed by atoms with E-state index in [4.69, 9.17) is 10.00 Å². The lowest BCUT2D eigenvalue weighted by molar-refractivity contribution is -0.122. The maximum atomic E-state index is 12.3. The summed E-state index contributed by atoms with van der Waals surface area (Å²) in [4.78, 5) is 12.1. The number of hydrogen-bond donors (Lipinski definition) is 1. The summed E-state index contributed by atoms with van der Waals surface area (Å²) in [5, 5.41) is 8.76. The Morgan fingerprint density at radius 2 is 1.92 bits per heavy atom. The molecule has 0 radical (unpaired) electrons. The normalized spacial score (nSPS) is 16.5. The zero-order valence-electron chi connectivity index (χ0n) is 13.3. The number of carbonyl (C=O) groups is 1. The first-order valence-corrected chi connectivity index (χ1v) is 9.23. The van der Waals surface area contributed by atoms with E-state index in [-0.39, 0.29) is 11.3 Å². The standard InChI is InChI=1S/C18H16N2O4S/c19-12-13-5-7-15(8-6-13)25(22,23)20-18(21)11-17-16-4-2-1-3-14(16)9-10-24-17/h1-8,17H,9-11H2,(H,20,21)/t17-/m1/s1. The molecular formula is C18H16N2O4S. The third kappa shape index (κ3) is 3.87. The van der Waals surface area contributed by atoms with Crippen molar-refractivity contribution in [1.29, 1.82) is 5.26 Å². The Balaban J connectivity index is 1.71. The van der Waals surface area contributed by atoms with Crippen LogP contribution in [0, 0.1) is 11.3 Å². The molecule has 7 heteroatoms. The van der Waals surface area contributed by atoms with E-state index in [0.29, 0.717) is 12.2 Å². The van der Waals surface area contributed by atoms with Crippen LogP contribution in [0.3, 0.4) is 0 Å². The highest BCUT2D eigenvalue weighted by Crippen LogP contribution is 2.29. The van der Waals surface area contributed by atoms with Crippen molar-refractivity contribution in [1.82, 2.24) is 4.72 Å². The van der Waals surface area contributed by atoms with Gasteiger partial charge in [-0.1, -0.05) is 24.3 Å². The Kier molecular flexibility index (Phi) is 4.83. The molecule has 3 rings (SSSR count). The maximum Gasteiger partial charge on any atom is 0.264 e. The predicted octanol–water partition coefficient (Wildman–Crippen LogP) is 2.07. The number of nitrogens with one attached hydrogen (secondary N) is 1. The number of rotatable bonds is 4. The topological polar surface area (TPSA) is 96.3 Å². The Morgan fingerprint density at radius 3 is 2.64 bits per heavy atom. The summed E-state index contributed by atoms with van der Waals surface area (Å²) in [5.74, 6) is -0.633. The highest BCUT2D eigenvalue weighted by molar-refractivity contribution is 7.90. The first-order chi connectivity index (χ1) is 12.0. The van der Waals surface area contributed by atoms with Crippen LogP contribution in [-0.4, -0.2) is 20.9 Å². The van der Waals surface area contributed by atoms with Crippen molar-refractivity contribution in [2.75, 3.05) is 6.61 Å². The third-order valence-electron chi connectivity index (χ3n) is 4.01. The number of carbonyl (C=O) groups excluding carboxylic acids is 1. The lowest BCUT2D eigenvalue weighted by Crippen LogP contribution is -2.32. The van der Waals surface area contributed by atoms with Crippen molar-refractivity contribution in [3.8, 4) is 6.07 Å². The predicted molar refractivity (Wildman–Crippen MR) is 89.9 cm³/mol. The molecule has 0 spiro atoms. The van der Waals surface area contributed by atoms with Crippen LogP contribution in [-0.2, 0) is 26.0 Å². The molecule has 0 unspecified atom stereocenters. The molecule has 0 aromatic heterocycles. The monoisotopic (exact) mass is 356 g/mol. The lowest BCUT2D eigenvalue weighted by atomic mass is 9.96. The summed E-state index contributed by atoms with van der Waals surface area (Å²) in [5.41, 5.74) is 2.37. The summed E-state index contributed by atoms with van der Waals surface area (Å²) in [7, 11) is -3.98. The zero-order valence-corrected chi connectivity index (χ0v) is 14.1. The average Bonchev–Trinajstić information content (AvgIpc) is 2.61. The van der Waals surface area contributed by atoms with Gasteiger partial charge in [-0.15, -0.1) is 0 Å². The molecule has 2 aromatic rings. The molecule has 6 nitrogen and oxygen atoms in total. The minimum atomic E-state index is -3.98. The quantitative estimate of drug-likeness (QED) is 0.905. The number of ether oxygens (including phenoxy) is 1. The zero-order chi connectivity index (χ0) is 17.9. The van der Waals surface area contributed by atoms with Crippen molar-refractivity contribution in [2.24, 2.45) is 0 Å². The Bertz CT molecular complexity index is 930. The van der Waals surface area contributed by atoms with Crippen molar-refractivity contribution >= 4 is 15.9 Å². The van der Waals surface area contributed by atoms with Crippen molar-refractivity contribution in [3.63, 3.8) is 0 Å². The first-order valence-electron chi connectivity index (χ1n) is 7.75. The van der Waals surface area contributed by atoms with Gasteiger partial charge in [-0.05, 0) is 41.8 Å². The van der Waals surface area contributed by atoms with Crippen LogP contribution >= 0.6 is 0 Å². The fourth-order valence-corrected chi connectivity index (χ4v) is 3.77. The summed E-state index contributed by atoms with van der Waals surface area (Å²) in [6.45, 7) is 0.497. The number of sulfonamides is 1.